The lowest BCUT2D eigenvalue weighted by molar-refractivity contribution is -0.123. The molecule has 0 heterocycles. The number of carbonyl (C=O) groups is 2. The lowest BCUT2D eigenvalue weighted by Gasteiger charge is -2.21. The summed E-state index contributed by atoms with van der Waals surface area (Å²) in [6.45, 7) is 3.96. The summed E-state index contributed by atoms with van der Waals surface area (Å²) in [5.41, 5.74) is 1.86. The van der Waals surface area contributed by atoms with Crippen LogP contribution in [0.3, 0.4) is 0 Å². The van der Waals surface area contributed by atoms with Crippen LogP contribution in [-0.4, -0.2) is 31.5 Å². The molecule has 0 fully saturated rings. The number of nitrogens with zero attached hydrogens (tertiary/aromatic N) is 1. The van der Waals surface area contributed by atoms with Gasteiger partial charge in [-0.05, 0) is 42.8 Å². The lowest BCUT2D eigenvalue weighted by Crippen LogP contribution is -2.39. The van der Waals surface area contributed by atoms with Gasteiger partial charge in [0.15, 0.2) is 6.61 Å². The largest absolute Gasteiger partial charge is 0.482 e. The van der Waals surface area contributed by atoms with Crippen LogP contribution < -0.4 is 15.0 Å². The highest BCUT2D eigenvalue weighted by Gasteiger charge is 2.12. The van der Waals surface area contributed by atoms with E-state index in [9.17, 15) is 9.59 Å². The van der Waals surface area contributed by atoms with Gasteiger partial charge in [0.2, 0.25) is 5.91 Å². The van der Waals surface area contributed by atoms with Crippen LogP contribution in [0.1, 0.15) is 12.5 Å². The van der Waals surface area contributed by atoms with Crippen molar-refractivity contribution >= 4 is 40.7 Å². The van der Waals surface area contributed by atoms with E-state index in [1.807, 2.05) is 31.2 Å². The van der Waals surface area contributed by atoms with Crippen molar-refractivity contribution in [2.75, 3.05) is 24.6 Å². The quantitative estimate of drug-likeness (QED) is 0.775. The summed E-state index contributed by atoms with van der Waals surface area (Å²) >= 11 is 11.8. The molecule has 2 aromatic rings. The Morgan fingerprint density at radius 3 is 2.58 bits per heavy atom. The lowest BCUT2D eigenvalue weighted by atomic mass is 10.2. The molecule has 0 saturated carbocycles. The van der Waals surface area contributed by atoms with E-state index in [0.717, 1.165) is 11.3 Å². The number of anilines is 1. The molecule has 0 unspecified atom stereocenters. The fraction of sp³-hybridized carbons (Fsp3) is 0.263. The second-order valence-corrected chi connectivity index (χ2v) is 6.57. The zero-order chi connectivity index (χ0) is 19.1. The molecule has 0 atom stereocenters. The van der Waals surface area contributed by atoms with E-state index in [1.165, 1.54) is 6.92 Å². The summed E-state index contributed by atoms with van der Waals surface area (Å²) in [6.07, 6.45) is 0. The molecule has 2 aromatic carbocycles. The Bertz CT molecular complexity index is 796. The molecule has 26 heavy (non-hydrogen) atoms. The van der Waals surface area contributed by atoms with Crippen LogP contribution >= 0.6 is 23.2 Å². The molecule has 0 spiro atoms. The van der Waals surface area contributed by atoms with E-state index < -0.39 is 0 Å². The van der Waals surface area contributed by atoms with Gasteiger partial charge >= 0.3 is 0 Å². The molecule has 0 aliphatic heterocycles. The van der Waals surface area contributed by atoms with E-state index >= 15 is 0 Å². The minimum Gasteiger partial charge on any atom is -0.482 e. The van der Waals surface area contributed by atoms with E-state index in [1.54, 1.807) is 23.1 Å². The second kappa shape index (κ2) is 9.46. The summed E-state index contributed by atoms with van der Waals surface area (Å²) < 4.78 is 5.38. The van der Waals surface area contributed by atoms with Crippen LogP contribution in [0.5, 0.6) is 5.75 Å². The van der Waals surface area contributed by atoms with E-state index in [0.29, 0.717) is 28.9 Å². The maximum atomic E-state index is 11.9. The number of nitrogens with one attached hydrogen (secondary N) is 1. The first-order valence-electron chi connectivity index (χ1n) is 8.06. The van der Waals surface area contributed by atoms with Crippen LogP contribution in [-0.2, 0) is 9.59 Å². The molecular weight excluding hydrogens is 375 g/mol. The van der Waals surface area contributed by atoms with Crippen LogP contribution in [0.25, 0.3) is 0 Å². The zero-order valence-electron chi connectivity index (χ0n) is 14.6. The second-order valence-electron chi connectivity index (χ2n) is 5.72. The normalized spacial score (nSPS) is 10.3. The summed E-state index contributed by atoms with van der Waals surface area (Å²) in [5.74, 6) is -0.00542. The van der Waals surface area contributed by atoms with Crippen molar-refractivity contribution in [3.8, 4) is 5.75 Å². The highest BCUT2D eigenvalue weighted by Crippen LogP contribution is 2.27. The van der Waals surface area contributed by atoms with Crippen molar-refractivity contribution in [3.63, 3.8) is 0 Å². The molecule has 2 rings (SSSR count). The van der Waals surface area contributed by atoms with Gasteiger partial charge in [-0.1, -0.05) is 35.3 Å². The first-order valence-corrected chi connectivity index (χ1v) is 8.81. The van der Waals surface area contributed by atoms with Gasteiger partial charge in [0.25, 0.3) is 5.91 Å². The van der Waals surface area contributed by atoms with Gasteiger partial charge in [-0.3, -0.25) is 9.59 Å². The van der Waals surface area contributed by atoms with Gasteiger partial charge in [-0.15, -0.1) is 0 Å². The number of aryl methyl sites for hydroxylation is 1. The Morgan fingerprint density at radius 1 is 1.15 bits per heavy atom. The molecule has 1 N–H and O–H groups in total. The predicted molar refractivity (Wildman–Crippen MR) is 104 cm³/mol. The number of ether oxygens (including phenoxy) is 1. The third-order valence-electron chi connectivity index (χ3n) is 3.60. The van der Waals surface area contributed by atoms with Gasteiger partial charge in [-0.2, -0.15) is 0 Å². The van der Waals surface area contributed by atoms with Crippen molar-refractivity contribution in [3.05, 3.63) is 58.1 Å². The van der Waals surface area contributed by atoms with Crippen LogP contribution in [0, 0.1) is 6.92 Å². The zero-order valence-corrected chi connectivity index (χ0v) is 16.1. The molecule has 5 nitrogen and oxygen atoms in total. The monoisotopic (exact) mass is 394 g/mol. The summed E-state index contributed by atoms with van der Waals surface area (Å²) in [7, 11) is 0. The van der Waals surface area contributed by atoms with Crippen molar-refractivity contribution in [2.45, 2.75) is 13.8 Å². The van der Waals surface area contributed by atoms with Gasteiger partial charge in [0.05, 0.1) is 5.02 Å². The van der Waals surface area contributed by atoms with Crippen LogP contribution in [0.2, 0.25) is 10.0 Å². The Kier molecular flexibility index (Phi) is 7.30. The highest BCUT2D eigenvalue weighted by molar-refractivity contribution is 6.35. The van der Waals surface area contributed by atoms with Crippen LogP contribution in [0.15, 0.2) is 42.5 Å². The Labute approximate surface area is 162 Å². The molecule has 0 radical (unpaired) electrons. The SMILES string of the molecule is CC(=O)N(CCNC(=O)COc1ccc(Cl)cc1Cl)c1cccc(C)c1. The van der Waals surface area contributed by atoms with Crippen LogP contribution in [0.4, 0.5) is 5.69 Å². The van der Waals surface area contributed by atoms with E-state index in [2.05, 4.69) is 5.32 Å². The van der Waals surface area contributed by atoms with Gasteiger partial charge in [-0.25, -0.2) is 0 Å². The number of carbonyl (C=O) groups excluding carboxylic acids is 2. The maximum Gasteiger partial charge on any atom is 0.258 e. The smallest absolute Gasteiger partial charge is 0.258 e. The number of hydrogen-bond acceptors (Lipinski definition) is 3. The third-order valence-corrected chi connectivity index (χ3v) is 4.13. The van der Waals surface area contributed by atoms with Gasteiger partial charge < -0.3 is 15.0 Å². The average molecular weight is 395 g/mol. The molecule has 0 saturated heterocycles. The standard InChI is InChI=1S/C19H20Cl2N2O3/c1-13-4-3-5-16(10-13)23(14(2)24)9-8-22-19(25)12-26-18-7-6-15(20)11-17(18)21/h3-7,10-11H,8-9,12H2,1-2H3,(H,22,25). The minimum absolute atomic E-state index is 0.0888. The molecule has 0 aliphatic rings. The van der Waals surface area contributed by atoms with E-state index in [-0.39, 0.29) is 18.4 Å². The predicted octanol–water partition coefficient (Wildman–Crippen LogP) is 3.85. The number of amides is 2. The Balaban J connectivity index is 1.83. The average Bonchev–Trinajstić information content (AvgIpc) is 2.57. The fourth-order valence-electron chi connectivity index (χ4n) is 2.36. The first-order chi connectivity index (χ1) is 12.4. The molecular formula is C19H20Cl2N2O3. The number of benzene rings is 2. The number of hydrogen-bond donors (Lipinski definition) is 1. The maximum absolute atomic E-state index is 11.9. The van der Waals surface area contributed by atoms with Gasteiger partial charge in [0, 0.05) is 30.7 Å². The third kappa shape index (κ3) is 5.93. The Hall–Kier alpha value is -2.24. The van der Waals surface area contributed by atoms with Crippen molar-refractivity contribution in [2.24, 2.45) is 0 Å². The summed E-state index contributed by atoms with van der Waals surface area (Å²) in [4.78, 5) is 25.4. The molecule has 0 aromatic heterocycles. The molecule has 0 aliphatic carbocycles. The topological polar surface area (TPSA) is 58.6 Å². The summed E-state index contributed by atoms with van der Waals surface area (Å²) in [5, 5.41) is 3.56. The number of halogens is 2. The fourth-order valence-corrected chi connectivity index (χ4v) is 2.82. The molecule has 0 bridgehead atoms. The summed E-state index contributed by atoms with van der Waals surface area (Å²) in [6, 6.07) is 12.4. The Morgan fingerprint density at radius 2 is 1.92 bits per heavy atom. The molecule has 7 heteroatoms. The first kappa shape index (κ1) is 20.1. The van der Waals surface area contributed by atoms with Crippen molar-refractivity contribution < 1.29 is 14.3 Å². The molecule has 2 amide bonds. The number of rotatable bonds is 7. The van der Waals surface area contributed by atoms with Gasteiger partial charge in [0.1, 0.15) is 5.75 Å². The van der Waals surface area contributed by atoms with Crippen molar-refractivity contribution in [1.29, 1.82) is 0 Å². The minimum atomic E-state index is -0.302. The van der Waals surface area contributed by atoms with E-state index in [4.69, 9.17) is 27.9 Å². The van der Waals surface area contributed by atoms with Crippen molar-refractivity contribution in [1.82, 2.24) is 5.32 Å². The molecule has 138 valence electrons. The highest BCUT2D eigenvalue weighted by atomic mass is 35.5.